The summed E-state index contributed by atoms with van der Waals surface area (Å²) in [4.78, 5) is 30.4. The van der Waals surface area contributed by atoms with E-state index < -0.39 is 23.5 Å². The first kappa shape index (κ1) is 21.7. The molecule has 170 valence electrons. The second-order valence-electron chi connectivity index (χ2n) is 8.15. The van der Waals surface area contributed by atoms with Crippen molar-refractivity contribution in [1.29, 1.82) is 0 Å². The van der Waals surface area contributed by atoms with Gasteiger partial charge in [-0.2, -0.15) is 0 Å². The van der Waals surface area contributed by atoms with Crippen LogP contribution in [0.3, 0.4) is 0 Å². The van der Waals surface area contributed by atoms with Crippen LogP contribution in [0.2, 0.25) is 5.02 Å². The van der Waals surface area contributed by atoms with Crippen molar-refractivity contribution in [2.75, 3.05) is 39.4 Å². The fourth-order valence-corrected chi connectivity index (χ4v) is 4.53. The normalized spacial score (nSPS) is 19.6. The number of para-hydroxylation sites is 1. The van der Waals surface area contributed by atoms with Crippen molar-refractivity contribution in [2.45, 2.75) is 6.04 Å². The smallest absolute Gasteiger partial charge is 0.290 e. The zero-order valence-electron chi connectivity index (χ0n) is 17.9. The average Bonchev–Trinajstić information content (AvgIpc) is 3.38. The number of benzene rings is 2. The molecule has 2 aromatic carbocycles. The number of hydrogen-bond acceptors (Lipinski definition) is 6. The van der Waals surface area contributed by atoms with Gasteiger partial charge in [0.2, 0.25) is 5.78 Å². The lowest BCUT2D eigenvalue weighted by atomic mass is 9.95. The number of halogens is 1. The standard InChI is InChI=1S/C25H23ClN2O5/c26-18-7-5-16(6-8-18)22-21(23(29)20-15-17-3-1-2-4-19(17)33-20)24(30)25(31)28(22)10-9-27-11-13-32-14-12-27/h1-8,15,22,30H,9-14H2/t22-/m1/s1. The maximum atomic E-state index is 13.5. The van der Waals surface area contributed by atoms with Crippen LogP contribution in [-0.4, -0.2) is 66.0 Å². The Morgan fingerprint density at radius 3 is 2.52 bits per heavy atom. The van der Waals surface area contributed by atoms with Crippen LogP contribution in [0.1, 0.15) is 22.2 Å². The third kappa shape index (κ3) is 4.15. The summed E-state index contributed by atoms with van der Waals surface area (Å²) < 4.78 is 11.1. The number of aliphatic hydroxyl groups is 1. The molecule has 1 N–H and O–H groups in total. The highest BCUT2D eigenvalue weighted by molar-refractivity contribution is 6.30. The van der Waals surface area contributed by atoms with Gasteiger partial charge >= 0.3 is 0 Å². The minimum absolute atomic E-state index is 0.0170. The van der Waals surface area contributed by atoms with Gasteiger partial charge in [0.25, 0.3) is 5.91 Å². The van der Waals surface area contributed by atoms with E-state index in [1.165, 1.54) is 0 Å². The molecule has 2 aliphatic rings. The Hall–Kier alpha value is -3.13. The largest absolute Gasteiger partial charge is 0.503 e. The molecule has 0 unspecified atom stereocenters. The minimum Gasteiger partial charge on any atom is -0.503 e. The van der Waals surface area contributed by atoms with Crippen molar-refractivity contribution in [3.63, 3.8) is 0 Å². The molecule has 33 heavy (non-hydrogen) atoms. The topological polar surface area (TPSA) is 83.2 Å². The summed E-state index contributed by atoms with van der Waals surface area (Å²) in [7, 11) is 0. The molecule has 5 rings (SSSR count). The number of hydrogen-bond donors (Lipinski definition) is 1. The van der Waals surface area contributed by atoms with Gasteiger partial charge in [0.15, 0.2) is 11.5 Å². The molecule has 0 spiro atoms. The van der Waals surface area contributed by atoms with Gasteiger partial charge in [-0.05, 0) is 29.8 Å². The summed E-state index contributed by atoms with van der Waals surface area (Å²) >= 11 is 6.07. The monoisotopic (exact) mass is 466 g/mol. The van der Waals surface area contributed by atoms with Gasteiger partial charge in [-0.1, -0.05) is 41.9 Å². The minimum atomic E-state index is -0.739. The quantitative estimate of drug-likeness (QED) is 0.553. The molecule has 0 saturated carbocycles. The SMILES string of the molecule is O=C(C1=C(O)C(=O)N(CCN2CCOCC2)[C@@H]1c1ccc(Cl)cc1)c1cc2ccccc2o1. The molecule has 1 aromatic heterocycles. The number of ketones is 1. The number of amides is 1. The van der Waals surface area contributed by atoms with Gasteiger partial charge in [0.1, 0.15) is 5.58 Å². The van der Waals surface area contributed by atoms with Crippen LogP contribution in [0.15, 0.2) is 70.3 Å². The van der Waals surface area contributed by atoms with Crippen LogP contribution in [0.4, 0.5) is 0 Å². The Morgan fingerprint density at radius 1 is 1.06 bits per heavy atom. The Morgan fingerprint density at radius 2 is 1.79 bits per heavy atom. The number of rotatable bonds is 6. The van der Waals surface area contributed by atoms with Crippen molar-refractivity contribution < 1.29 is 23.8 Å². The third-order valence-electron chi connectivity index (χ3n) is 6.14. The van der Waals surface area contributed by atoms with Gasteiger partial charge in [0, 0.05) is 36.6 Å². The number of fused-ring (bicyclic) bond motifs is 1. The van der Waals surface area contributed by atoms with Gasteiger partial charge < -0.3 is 19.2 Å². The lowest BCUT2D eigenvalue weighted by molar-refractivity contribution is -0.129. The number of aliphatic hydroxyl groups excluding tert-OH is 1. The second-order valence-corrected chi connectivity index (χ2v) is 8.58. The molecular formula is C25H23ClN2O5. The first-order chi connectivity index (χ1) is 16.0. The highest BCUT2D eigenvalue weighted by atomic mass is 35.5. The maximum absolute atomic E-state index is 13.5. The molecule has 8 heteroatoms. The molecule has 3 heterocycles. The van der Waals surface area contributed by atoms with Crippen LogP contribution in [0.25, 0.3) is 11.0 Å². The van der Waals surface area contributed by atoms with E-state index in [1.807, 2.05) is 18.2 Å². The first-order valence-electron chi connectivity index (χ1n) is 10.9. The summed E-state index contributed by atoms with van der Waals surface area (Å²) in [6.45, 7) is 3.81. The van der Waals surface area contributed by atoms with Gasteiger partial charge in [0.05, 0.1) is 24.8 Å². The van der Waals surface area contributed by atoms with Crippen molar-refractivity contribution in [3.05, 3.63) is 82.3 Å². The lowest BCUT2D eigenvalue weighted by Crippen LogP contribution is -2.43. The number of furan rings is 1. The fourth-order valence-electron chi connectivity index (χ4n) is 4.41. The van der Waals surface area contributed by atoms with E-state index in [-0.39, 0.29) is 11.3 Å². The Labute approximate surface area is 195 Å². The van der Waals surface area contributed by atoms with Crippen molar-refractivity contribution in [3.8, 4) is 0 Å². The molecule has 0 radical (unpaired) electrons. The molecule has 1 atom stereocenters. The number of carbonyl (C=O) groups excluding carboxylic acids is 2. The summed E-state index contributed by atoms with van der Waals surface area (Å²) in [6, 6.07) is 15.1. The molecule has 1 saturated heterocycles. The van der Waals surface area contributed by atoms with E-state index in [1.54, 1.807) is 41.3 Å². The zero-order chi connectivity index (χ0) is 22.9. The second kappa shape index (κ2) is 9.02. The van der Waals surface area contributed by atoms with E-state index >= 15 is 0 Å². The van der Waals surface area contributed by atoms with E-state index in [2.05, 4.69) is 4.90 Å². The fraction of sp³-hybridized carbons (Fsp3) is 0.280. The predicted octanol–water partition coefficient (Wildman–Crippen LogP) is 4.00. The summed E-state index contributed by atoms with van der Waals surface area (Å²) in [5, 5.41) is 12.1. The van der Waals surface area contributed by atoms with Crippen molar-refractivity contribution in [1.82, 2.24) is 9.80 Å². The van der Waals surface area contributed by atoms with E-state index in [0.717, 1.165) is 18.5 Å². The van der Waals surface area contributed by atoms with Crippen LogP contribution in [0, 0.1) is 0 Å². The molecule has 7 nitrogen and oxygen atoms in total. The molecule has 0 bridgehead atoms. The van der Waals surface area contributed by atoms with Crippen LogP contribution >= 0.6 is 11.6 Å². The Kier molecular flexibility index (Phi) is 5.93. The van der Waals surface area contributed by atoms with Gasteiger partial charge in [-0.25, -0.2) is 0 Å². The molecule has 1 amide bonds. The number of nitrogens with zero attached hydrogens (tertiary/aromatic N) is 2. The van der Waals surface area contributed by atoms with Crippen molar-refractivity contribution in [2.24, 2.45) is 0 Å². The van der Waals surface area contributed by atoms with Gasteiger partial charge in [-0.15, -0.1) is 0 Å². The van der Waals surface area contributed by atoms with E-state index in [9.17, 15) is 14.7 Å². The summed E-state index contributed by atoms with van der Waals surface area (Å²) in [5.74, 6) is -1.53. The number of Topliss-reactive ketones (excluding diaryl/α,β-unsaturated/α-hetero) is 1. The molecular weight excluding hydrogens is 444 g/mol. The highest BCUT2D eigenvalue weighted by Gasteiger charge is 2.44. The molecule has 0 aliphatic carbocycles. The maximum Gasteiger partial charge on any atom is 0.290 e. The first-order valence-corrected chi connectivity index (χ1v) is 11.2. The zero-order valence-corrected chi connectivity index (χ0v) is 18.6. The van der Waals surface area contributed by atoms with E-state index in [4.69, 9.17) is 20.8 Å². The van der Waals surface area contributed by atoms with Crippen LogP contribution in [-0.2, 0) is 9.53 Å². The molecule has 2 aliphatic heterocycles. The molecule has 1 fully saturated rings. The van der Waals surface area contributed by atoms with Crippen LogP contribution in [0.5, 0.6) is 0 Å². The number of ether oxygens (including phenoxy) is 1. The van der Waals surface area contributed by atoms with Gasteiger partial charge in [-0.3, -0.25) is 14.5 Å². The highest BCUT2D eigenvalue weighted by Crippen LogP contribution is 2.39. The molecule has 3 aromatic rings. The Balaban J connectivity index is 1.50. The summed E-state index contributed by atoms with van der Waals surface area (Å²) in [5.41, 5.74) is 1.28. The average molecular weight is 467 g/mol. The van der Waals surface area contributed by atoms with Crippen molar-refractivity contribution >= 4 is 34.3 Å². The lowest BCUT2D eigenvalue weighted by Gasteiger charge is -2.31. The van der Waals surface area contributed by atoms with Crippen LogP contribution < -0.4 is 0 Å². The Bertz CT molecular complexity index is 1190. The number of morpholine rings is 1. The van der Waals surface area contributed by atoms with E-state index in [0.29, 0.717) is 42.5 Å². The predicted molar refractivity (Wildman–Crippen MR) is 123 cm³/mol. The summed E-state index contributed by atoms with van der Waals surface area (Å²) in [6.07, 6.45) is 0. The number of carbonyl (C=O) groups is 2. The third-order valence-corrected chi connectivity index (χ3v) is 6.40.